The summed E-state index contributed by atoms with van der Waals surface area (Å²) in [7, 11) is 0. The average Bonchev–Trinajstić information content (AvgIpc) is 2.91. The van der Waals surface area contributed by atoms with Crippen molar-refractivity contribution >= 4 is 11.6 Å². The van der Waals surface area contributed by atoms with Crippen LogP contribution in [0.5, 0.6) is 0 Å². The van der Waals surface area contributed by atoms with Crippen molar-refractivity contribution in [1.29, 1.82) is 0 Å². The summed E-state index contributed by atoms with van der Waals surface area (Å²) in [4.78, 5) is 15.8. The first kappa shape index (κ1) is 13.2. The Hall–Kier alpha value is -2.21. The van der Waals surface area contributed by atoms with Crippen molar-refractivity contribution < 1.29 is 4.79 Å². The quantitative estimate of drug-likeness (QED) is 0.848. The van der Waals surface area contributed by atoms with Crippen molar-refractivity contribution in [3.8, 4) is 5.82 Å². The van der Waals surface area contributed by atoms with Crippen LogP contribution in [0.25, 0.3) is 5.82 Å². The maximum atomic E-state index is 11.6. The van der Waals surface area contributed by atoms with Crippen LogP contribution in [-0.2, 0) is 4.79 Å². The van der Waals surface area contributed by atoms with Gasteiger partial charge in [-0.15, -0.1) is 0 Å². The minimum Gasteiger partial charge on any atom is -0.328 e. The van der Waals surface area contributed by atoms with E-state index in [4.69, 9.17) is 5.73 Å². The first-order valence-electron chi connectivity index (χ1n) is 6.16. The summed E-state index contributed by atoms with van der Waals surface area (Å²) >= 11 is 0. The van der Waals surface area contributed by atoms with Crippen LogP contribution in [0.1, 0.15) is 19.8 Å². The molecule has 0 saturated carbocycles. The normalized spacial score (nSPS) is 12.1. The van der Waals surface area contributed by atoms with E-state index in [9.17, 15) is 4.79 Å². The van der Waals surface area contributed by atoms with Gasteiger partial charge in [0.2, 0.25) is 5.91 Å². The van der Waals surface area contributed by atoms with Gasteiger partial charge in [0.25, 0.3) is 0 Å². The van der Waals surface area contributed by atoms with E-state index in [0.717, 1.165) is 0 Å². The number of hydrogen-bond donors (Lipinski definition) is 2. The Kier molecular flexibility index (Phi) is 4.25. The van der Waals surface area contributed by atoms with E-state index in [0.29, 0.717) is 24.3 Å². The van der Waals surface area contributed by atoms with E-state index in [1.165, 1.54) is 0 Å². The summed E-state index contributed by atoms with van der Waals surface area (Å²) in [6.45, 7) is 1.88. The number of amides is 1. The smallest absolute Gasteiger partial charge is 0.224 e. The Bertz CT molecular complexity index is 518. The second-order valence-corrected chi connectivity index (χ2v) is 4.42. The van der Waals surface area contributed by atoms with Crippen LogP contribution < -0.4 is 11.1 Å². The van der Waals surface area contributed by atoms with Crippen LogP contribution in [0.15, 0.2) is 36.8 Å². The van der Waals surface area contributed by atoms with E-state index >= 15 is 0 Å². The zero-order valence-electron chi connectivity index (χ0n) is 10.8. The second-order valence-electron chi connectivity index (χ2n) is 4.42. The van der Waals surface area contributed by atoms with Crippen molar-refractivity contribution in [1.82, 2.24) is 14.8 Å². The number of hydrogen-bond acceptors (Lipinski definition) is 4. The van der Waals surface area contributed by atoms with Gasteiger partial charge in [0.05, 0.1) is 11.9 Å². The van der Waals surface area contributed by atoms with Gasteiger partial charge in [-0.1, -0.05) is 0 Å². The molecule has 0 aliphatic heterocycles. The Labute approximate surface area is 111 Å². The third-order valence-electron chi connectivity index (χ3n) is 2.60. The summed E-state index contributed by atoms with van der Waals surface area (Å²) in [6.07, 6.45) is 6.19. The van der Waals surface area contributed by atoms with Gasteiger partial charge < -0.3 is 11.1 Å². The molecule has 0 saturated heterocycles. The highest BCUT2D eigenvalue weighted by Crippen LogP contribution is 2.09. The van der Waals surface area contributed by atoms with E-state index in [2.05, 4.69) is 15.4 Å². The maximum Gasteiger partial charge on any atom is 0.224 e. The van der Waals surface area contributed by atoms with Crippen molar-refractivity contribution in [2.75, 3.05) is 5.32 Å². The Morgan fingerprint density at radius 2 is 2.37 bits per heavy atom. The number of carbonyl (C=O) groups excluding carboxylic acids is 1. The summed E-state index contributed by atoms with van der Waals surface area (Å²) in [5.74, 6) is 0.657. The molecule has 0 radical (unpaired) electrons. The van der Waals surface area contributed by atoms with E-state index in [-0.39, 0.29) is 11.9 Å². The fourth-order valence-corrected chi connectivity index (χ4v) is 1.58. The molecule has 2 aromatic rings. The van der Waals surface area contributed by atoms with Gasteiger partial charge in [-0.05, 0) is 31.5 Å². The van der Waals surface area contributed by atoms with Gasteiger partial charge in [0.1, 0.15) is 0 Å². The number of rotatable bonds is 5. The first-order chi connectivity index (χ1) is 9.15. The molecule has 0 aromatic carbocycles. The molecule has 0 aliphatic rings. The molecule has 2 aromatic heterocycles. The van der Waals surface area contributed by atoms with Gasteiger partial charge in [0.15, 0.2) is 5.82 Å². The fourth-order valence-electron chi connectivity index (χ4n) is 1.58. The Balaban J connectivity index is 1.94. The number of pyridine rings is 1. The van der Waals surface area contributed by atoms with Gasteiger partial charge in [0, 0.05) is 24.9 Å². The number of nitrogens with one attached hydrogen (secondary N) is 1. The van der Waals surface area contributed by atoms with Crippen LogP contribution in [0.3, 0.4) is 0 Å². The summed E-state index contributed by atoms with van der Waals surface area (Å²) < 4.78 is 1.65. The van der Waals surface area contributed by atoms with Gasteiger partial charge in [-0.25, -0.2) is 9.67 Å². The number of nitrogens with two attached hydrogens (primary N) is 1. The van der Waals surface area contributed by atoms with Gasteiger partial charge >= 0.3 is 0 Å². The molecule has 0 fully saturated rings. The maximum absolute atomic E-state index is 11.6. The topological polar surface area (TPSA) is 85.8 Å². The zero-order chi connectivity index (χ0) is 13.7. The van der Waals surface area contributed by atoms with E-state index in [1.807, 2.05) is 19.2 Å². The lowest BCUT2D eigenvalue weighted by atomic mass is 10.2. The van der Waals surface area contributed by atoms with Crippen LogP contribution >= 0.6 is 0 Å². The molecule has 0 spiro atoms. The molecule has 3 N–H and O–H groups in total. The summed E-state index contributed by atoms with van der Waals surface area (Å²) in [5.41, 5.74) is 6.28. The molecule has 2 heterocycles. The lowest BCUT2D eigenvalue weighted by Crippen LogP contribution is -2.19. The fraction of sp³-hybridized carbons (Fsp3) is 0.308. The second kappa shape index (κ2) is 6.10. The molecule has 1 unspecified atom stereocenters. The molecule has 0 aliphatic carbocycles. The highest BCUT2D eigenvalue weighted by molar-refractivity contribution is 5.90. The lowest BCUT2D eigenvalue weighted by molar-refractivity contribution is -0.116. The summed E-state index contributed by atoms with van der Waals surface area (Å²) in [5, 5.41) is 6.86. The van der Waals surface area contributed by atoms with Crippen molar-refractivity contribution in [3.63, 3.8) is 0 Å². The summed E-state index contributed by atoms with van der Waals surface area (Å²) in [6, 6.07) is 5.46. The molecule has 1 amide bonds. The molecule has 1 atom stereocenters. The minimum atomic E-state index is -0.0501. The van der Waals surface area contributed by atoms with E-state index in [1.54, 1.807) is 29.2 Å². The van der Waals surface area contributed by atoms with E-state index < -0.39 is 0 Å². The number of aromatic nitrogens is 3. The number of nitrogens with zero attached hydrogens (tertiary/aromatic N) is 3. The highest BCUT2D eigenvalue weighted by atomic mass is 16.1. The predicted molar refractivity (Wildman–Crippen MR) is 72.9 cm³/mol. The predicted octanol–water partition coefficient (Wildman–Crippen LogP) is 1.33. The zero-order valence-corrected chi connectivity index (χ0v) is 10.8. The van der Waals surface area contributed by atoms with Crippen molar-refractivity contribution in [2.24, 2.45) is 5.73 Å². The molecule has 6 nitrogen and oxygen atoms in total. The third-order valence-corrected chi connectivity index (χ3v) is 2.60. The average molecular weight is 259 g/mol. The number of carbonyl (C=O) groups is 1. The molecular weight excluding hydrogens is 242 g/mol. The Morgan fingerprint density at radius 1 is 1.53 bits per heavy atom. The third kappa shape index (κ3) is 3.89. The minimum absolute atomic E-state index is 0.0334. The lowest BCUT2D eigenvalue weighted by Gasteiger charge is -2.07. The molecule has 6 heteroatoms. The standard InChI is InChI=1S/C13H17N5O/c1-10(14)3-6-13(19)17-11-4-5-12(15-9-11)18-8-2-7-16-18/h2,4-5,7-10H,3,6,14H2,1H3,(H,17,19). The Morgan fingerprint density at radius 3 is 2.95 bits per heavy atom. The first-order valence-corrected chi connectivity index (χ1v) is 6.16. The van der Waals surface area contributed by atoms with Crippen LogP contribution in [0.2, 0.25) is 0 Å². The molecule has 100 valence electrons. The van der Waals surface area contributed by atoms with Gasteiger partial charge in [-0.2, -0.15) is 5.10 Å². The molecule has 2 rings (SSSR count). The van der Waals surface area contributed by atoms with Crippen molar-refractivity contribution in [3.05, 3.63) is 36.8 Å². The van der Waals surface area contributed by atoms with Crippen LogP contribution in [0.4, 0.5) is 5.69 Å². The monoisotopic (exact) mass is 259 g/mol. The van der Waals surface area contributed by atoms with Crippen molar-refractivity contribution in [2.45, 2.75) is 25.8 Å². The largest absolute Gasteiger partial charge is 0.328 e. The molecular formula is C13H17N5O. The van der Waals surface area contributed by atoms with Crippen LogP contribution in [0, 0.1) is 0 Å². The highest BCUT2D eigenvalue weighted by Gasteiger charge is 2.05. The van der Waals surface area contributed by atoms with Crippen LogP contribution in [-0.4, -0.2) is 26.7 Å². The number of anilines is 1. The SMILES string of the molecule is CC(N)CCC(=O)Nc1ccc(-n2cccn2)nc1. The molecule has 19 heavy (non-hydrogen) atoms. The molecule has 0 bridgehead atoms. The van der Waals surface area contributed by atoms with Gasteiger partial charge in [-0.3, -0.25) is 4.79 Å².